The van der Waals surface area contributed by atoms with E-state index in [1.165, 1.54) is 26.4 Å². The quantitative estimate of drug-likeness (QED) is 0.167. The van der Waals surface area contributed by atoms with Crippen LogP contribution in [0.2, 0.25) is 0 Å². The van der Waals surface area contributed by atoms with E-state index < -0.39 is 16.8 Å². The van der Waals surface area contributed by atoms with Crippen LogP contribution in [0.15, 0.2) is 77.1 Å². The molecule has 2 heterocycles. The molecular weight excluding hydrogens is 564 g/mol. The molecule has 0 aliphatic carbocycles. The third kappa shape index (κ3) is 7.34. The van der Waals surface area contributed by atoms with Crippen molar-refractivity contribution in [2.24, 2.45) is 5.92 Å². The summed E-state index contributed by atoms with van der Waals surface area (Å²) >= 11 is 0. The summed E-state index contributed by atoms with van der Waals surface area (Å²) < 4.78 is 10.2. The average Bonchev–Trinajstić information content (AvgIpc) is 3.03. The molecule has 1 unspecified atom stereocenters. The predicted molar refractivity (Wildman–Crippen MR) is 164 cm³/mol. The minimum atomic E-state index is -0.754. The number of methoxy groups -OCH3 is 2. The Morgan fingerprint density at radius 1 is 0.977 bits per heavy atom. The number of nitrogens with zero attached hydrogens (tertiary/aromatic N) is 2. The van der Waals surface area contributed by atoms with E-state index in [1.807, 2.05) is 30.3 Å². The zero-order chi connectivity index (χ0) is 31.8. The minimum Gasteiger partial charge on any atom is -0.469 e. The molecule has 2 aliphatic heterocycles. The lowest BCUT2D eigenvalue weighted by atomic mass is 9.80. The molecule has 11 heteroatoms. The Balaban J connectivity index is 1.37. The number of piperidine rings is 1. The molecule has 0 aromatic heterocycles. The van der Waals surface area contributed by atoms with Gasteiger partial charge in [0.2, 0.25) is 5.91 Å². The smallest absolute Gasteiger partial charge is 0.336 e. The van der Waals surface area contributed by atoms with Crippen LogP contribution in [0.1, 0.15) is 56.1 Å². The number of benzene rings is 2. The number of hydrogen-bond donors (Lipinski definition) is 2. The highest BCUT2D eigenvalue weighted by Gasteiger charge is 2.37. The first-order valence-corrected chi connectivity index (χ1v) is 14.8. The predicted octanol–water partition coefficient (Wildman–Crippen LogP) is 4.18. The normalized spacial score (nSPS) is 18.3. The van der Waals surface area contributed by atoms with Crippen LogP contribution in [0.3, 0.4) is 0 Å². The van der Waals surface area contributed by atoms with Crippen molar-refractivity contribution in [3.63, 3.8) is 0 Å². The van der Waals surface area contributed by atoms with Crippen molar-refractivity contribution in [2.75, 3.05) is 40.4 Å². The van der Waals surface area contributed by atoms with Gasteiger partial charge in [0, 0.05) is 35.6 Å². The largest absolute Gasteiger partial charge is 0.469 e. The number of non-ortho nitro benzene ring substituents is 1. The number of nitro benzene ring substituents is 1. The lowest BCUT2D eigenvalue weighted by Crippen LogP contribution is -2.40. The van der Waals surface area contributed by atoms with Crippen molar-refractivity contribution < 1.29 is 28.8 Å². The second-order valence-corrected chi connectivity index (χ2v) is 11.2. The van der Waals surface area contributed by atoms with Crippen molar-refractivity contribution in [1.82, 2.24) is 15.5 Å². The highest BCUT2D eigenvalue weighted by atomic mass is 16.6. The first-order valence-electron chi connectivity index (χ1n) is 14.8. The van der Waals surface area contributed by atoms with Crippen molar-refractivity contribution in [1.29, 1.82) is 0 Å². The van der Waals surface area contributed by atoms with Gasteiger partial charge >= 0.3 is 11.9 Å². The average molecular weight is 605 g/mol. The van der Waals surface area contributed by atoms with E-state index in [-0.39, 0.29) is 35.0 Å². The number of hydrogen-bond acceptors (Lipinski definition) is 9. The van der Waals surface area contributed by atoms with E-state index in [4.69, 9.17) is 9.47 Å². The third-order valence-corrected chi connectivity index (χ3v) is 8.50. The number of nitrogens with one attached hydrogen (secondary N) is 2. The van der Waals surface area contributed by atoms with Crippen molar-refractivity contribution in [3.8, 4) is 0 Å². The van der Waals surface area contributed by atoms with Crippen LogP contribution in [0, 0.1) is 16.0 Å². The summed E-state index contributed by atoms with van der Waals surface area (Å²) in [6.45, 7) is 6.42. The molecule has 1 fully saturated rings. The van der Waals surface area contributed by atoms with Crippen molar-refractivity contribution in [2.45, 2.75) is 44.9 Å². The number of esters is 2. The third-order valence-electron chi connectivity index (χ3n) is 8.50. The molecule has 2 aromatic carbocycles. The maximum atomic E-state index is 13.6. The molecule has 2 atom stereocenters. The van der Waals surface area contributed by atoms with Crippen LogP contribution in [-0.2, 0) is 23.9 Å². The van der Waals surface area contributed by atoms with Crippen LogP contribution in [0.4, 0.5) is 5.69 Å². The molecular formula is C33H40N4O7. The summed E-state index contributed by atoms with van der Waals surface area (Å²) in [5, 5.41) is 17.3. The Morgan fingerprint density at radius 2 is 1.61 bits per heavy atom. The fourth-order valence-electron chi connectivity index (χ4n) is 6.30. The Bertz CT molecular complexity index is 1430. The van der Waals surface area contributed by atoms with Gasteiger partial charge in [-0.3, -0.25) is 19.7 Å². The second kappa shape index (κ2) is 14.8. The van der Waals surface area contributed by atoms with E-state index in [0.29, 0.717) is 29.1 Å². The molecule has 1 amide bonds. The monoisotopic (exact) mass is 604 g/mol. The fourth-order valence-corrected chi connectivity index (χ4v) is 6.30. The number of carbonyl (C=O) groups excluding carboxylic acids is 3. The van der Waals surface area contributed by atoms with Crippen LogP contribution in [-0.4, -0.2) is 68.1 Å². The molecule has 0 saturated carbocycles. The Labute approximate surface area is 257 Å². The minimum absolute atomic E-state index is 0.0837. The second-order valence-electron chi connectivity index (χ2n) is 11.2. The summed E-state index contributed by atoms with van der Waals surface area (Å²) in [6, 6.07) is 15.6. The van der Waals surface area contributed by atoms with Crippen molar-refractivity contribution >= 4 is 23.5 Å². The molecule has 2 N–H and O–H groups in total. The van der Waals surface area contributed by atoms with Crippen LogP contribution < -0.4 is 10.6 Å². The standard InChI is InChI=1S/C33H40N4O7/c1-21-27(30(28(22(2)35-21)32(39)43-3)24-11-13-26(14-12-24)37(41)42)31(38)34-17-8-18-36-19-15-25(16-20-36)29(33(40)44-4)23-9-6-5-7-10-23/h5-7,9-14,25,29-30,35H,8,15-20H2,1-4H3,(H,34,38)/t29?,30-/m0/s1. The Morgan fingerprint density at radius 3 is 2.20 bits per heavy atom. The molecule has 0 spiro atoms. The molecule has 234 valence electrons. The molecule has 0 bridgehead atoms. The number of likely N-dealkylation sites (tertiary alicyclic amines) is 1. The zero-order valence-electron chi connectivity index (χ0n) is 25.6. The van der Waals surface area contributed by atoms with Gasteiger partial charge in [0.15, 0.2) is 0 Å². The van der Waals surface area contributed by atoms with E-state index in [9.17, 15) is 24.5 Å². The number of dihydropyridines is 1. The van der Waals surface area contributed by atoms with Gasteiger partial charge in [0.05, 0.1) is 36.6 Å². The molecule has 0 radical (unpaired) electrons. The number of carbonyl (C=O) groups is 3. The SMILES string of the molecule is COC(=O)C1=C(C)NC(C)=C(C(=O)NCCCN2CCC(C(C(=O)OC)c3ccccc3)CC2)[C@@H]1c1ccc([N+](=O)[O-])cc1. The highest BCUT2D eigenvalue weighted by molar-refractivity contribution is 6.02. The fraction of sp³-hybridized carbons (Fsp3) is 0.424. The Hall–Kier alpha value is -4.51. The summed E-state index contributed by atoms with van der Waals surface area (Å²) in [7, 11) is 2.71. The van der Waals surface area contributed by atoms with Gasteiger partial charge in [0.1, 0.15) is 0 Å². The molecule has 44 heavy (non-hydrogen) atoms. The Kier molecular flexibility index (Phi) is 10.9. The zero-order valence-corrected chi connectivity index (χ0v) is 25.6. The van der Waals surface area contributed by atoms with Crippen LogP contribution in [0.5, 0.6) is 0 Å². The van der Waals surface area contributed by atoms with Crippen molar-refractivity contribution in [3.05, 3.63) is 98.4 Å². The highest BCUT2D eigenvalue weighted by Crippen LogP contribution is 2.39. The maximum absolute atomic E-state index is 13.6. The van der Waals surface area contributed by atoms with Gasteiger partial charge in [-0.2, -0.15) is 0 Å². The van der Waals surface area contributed by atoms with Crippen LogP contribution in [0.25, 0.3) is 0 Å². The number of allylic oxidation sites excluding steroid dienone is 2. The van der Waals surface area contributed by atoms with E-state index in [0.717, 1.165) is 44.5 Å². The van der Waals surface area contributed by atoms with Crippen LogP contribution >= 0.6 is 0 Å². The lowest BCUT2D eigenvalue weighted by Gasteiger charge is -2.35. The van der Waals surface area contributed by atoms with Gasteiger partial charge < -0.3 is 25.0 Å². The van der Waals surface area contributed by atoms with E-state index in [2.05, 4.69) is 15.5 Å². The van der Waals surface area contributed by atoms with Gasteiger partial charge in [-0.1, -0.05) is 42.5 Å². The van der Waals surface area contributed by atoms with Gasteiger partial charge in [-0.05, 0) is 69.8 Å². The number of amides is 1. The lowest BCUT2D eigenvalue weighted by molar-refractivity contribution is -0.384. The summed E-state index contributed by atoms with van der Waals surface area (Å²) in [5.74, 6) is -1.94. The first kappa shape index (κ1) is 32.4. The molecule has 4 rings (SSSR count). The van der Waals surface area contributed by atoms with Gasteiger partial charge in [-0.15, -0.1) is 0 Å². The first-order chi connectivity index (χ1) is 21.2. The summed E-state index contributed by atoms with van der Waals surface area (Å²) in [4.78, 5) is 52.1. The van der Waals surface area contributed by atoms with Gasteiger partial charge in [0.25, 0.3) is 5.69 Å². The van der Waals surface area contributed by atoms with E-state index >= 15 is 0 Å². The number of ether oxygens (including phenoxy) is 2. The molecule has 2 aromatic rings. The molecule has 2 aliphatic rings. The summed E-state index contributed by atoms with van der Waals surface area (Å²) in [6.07, 6.45) is 2.46. The maximum Gasteiger partial charge on any atom is 0.336 e. The topological polar surface area (TPSA) is 140 Å². The molecule has 1 saturated heterocycles. The van der Waals surface area contributed by atoms with Gasteiger partial charge in [-0.25, -0.2) is 4.79 Å². The summed E-state index contributed by atoms with van der Waals surface area (Å²) in [5.41, 5.74) is 3.26. The number of nitro groups is 1. The number of rotatable bonds is 11. The van der Waals surface area contributed by atoms with E-state index in [1.54, 1.807) is 26.0 Å². The molecule has 11 nitrogen and oxygen atoms in total.